The molecule has 0 aliphatic carbocycles. The number of rotatable bonds is 3. The Bertz CT molecular complexity index is 65.2. The van der Waals surface area contributed by atoms with Gasteiger partial charge in [-0.2, -0.15) is 0 Å². The molecule has 0 aromatic heterocycles. The zero-order chi connectivity index (χ0) is 5.70. The molecule has 0 atom stereocenters. The quantitative estimate of drug-likeness (QED) is 0.652. The van der Waals surface area contributed by atoms with Crippen molar-refractivity contribution in [2.75, 3.05) is 0 Å². The molecule has 52 valence electrons. The van der Waals surface area contributed by atoms with Gasteiger partial charge in [-0.25, -0.2) is 0 Å². The number of carbonyl (C=O) groups is 1. The number of carboxylic acid groups (broad SMARTS) is 1. The van der Waals surface area contributed by atoms with Gasteiger partial charge in [0.15, 0.2) is 0 Å². The molecule has 0 aromatic rings. The van der Waals surface area contributed by atoms with Crippen molar-refractivity contribution in [3.8, 4) is 0 Å². The third-order valence-corrected chi connectivity index (χ3v) is 0.734. The Kier molecular flexibility index (Phi) is 20.0. The smallest absolute Gasteiger partial charge is 2.00 e. The molecule has 0 aliphatic rings. The molecule has 0 saturated carbocycles. The summed E-state index contributed by atoms with van der Waals surface area (Å²) in [6, 6.07) is 0. The van der Waals surface area contributed by atoms with Gasteiger partial charge in [0, 0.05) is 5.97 Å². The van der Waals surface area contributed by atoms with Crippen LogP contribution >= 0.6 is 0 Å². The van der Waals surface area contributed by atoms with Crippen LogP contribution in [0.4, 0.5) is 0 Å². The molecule has 0 bridgehead atoms. The summed E-state index contributed by atoms with van der Waals surface area (Å²) >= 11 is 0. The summed E-state index contributed by atoms with van der Waals surface area (Å²) in [5.41, 5.74) is 0. The molecule has 0 unspecified atom stereocenters. The minimum atomic E-state index is -0.943. The van der Waals surface area contributed by atoms with Crippen LogP contribution in [-0.2, 0) is 10.3 Å². The van der Waals surface area contributed by atoms with E-state index in [1.54, 1.807) is 0 Å². The van der Waals surface area contributed by atoms with Crippen LogP contribution in [0, 0.1) is 0 Å². The monoisotopic (exact) mass is 326 g/mol. The average Bonchev–Trinajstić information content (AvgIpc) is 1.61. The Morgan fingerprint density at radius 3 is 2.11 bits per heavy atom. The van der Waals surface area contributed by atoms with Gasteiger partial charge in [0.2, 0.25) is 0 Å². The van der Waals surface area contributed by atoms with Crippen LogP contribution in [0.3, 0.4) is 0 Å². The minimum Gasteiger partial charge on any atom is -2.00 e. The summed E-state index contributed by atoms with van der Waals surface area (Å²) in [4.78, 5) is 9.65. The van der Waals surface area contributed by atoms with Crippen molar-refractivity contribution in [2.45, 2.75) is 26.2 Å². The first kappa shape index (κ1) is 16.1. The van der Waals surface area contributed by atoms with Crippen LogP contribution in [-0.4, -0.2) is 32.2 Å². The maximum Gasteiger partial charge on any atom is 3.00 e. The van der Waals surface area contributed by atoms with Gasteiger partial charge in [-0.1, -0.05) is 13.3 Å². The van der Waals surface area contributed by atoms with Gasteiger partial charge in [-0.15, -0.1) is 0 Å². The van der Waals surface area contributed by atoms with Crippen molar-refractivity contribution in [2.24, 2.45) is 0 Å². The van der Waals surface area contributed by atoms with Crippen molar-refractivity contribution in [3.63, 3.8) is 0 Å². The Labute approximate surface area is 73.9 Å². The van der Waals surface area contributed by atoms with Crippen LogP contribution in [0.2, 0.25) is 0 Å². The molecule has 0 heterocycles. The van der Waals surface area contributed by atoms with E-state index in [0.717, 1.165) is 12.8 Å². The second kappa shape index (κ2) is 11.2. The summed E-state index contributed by atoms with van der Waals surface area (Å²) in [5, 5.41) is 9.65. The second-order valence-electron chi connectivity index (χ2n) is 1.48. The van der Waals surface area contributed by atoms with Gasteiger partial charge in [0.25, 0.3) is 0 Å². The van der Waals surface area contributed by atoms with Crippen molar-refractivity contribution in [3.05, 3.63) is 0 Å². The minimum absolute atomic E-state index is 0. The van der Waals surface area contributed by atoms with Crippen molar-refractivity contribution >= 4 is 32.2 Å². The van der Waals surface area contributed by atoms with E-state index in [9.17, 15) is 9.90 Å². The van der Waals surface area contributed by atoms with Crippen molar-refractivity contribution in [1.29, 1.82) is 0 Å². The number of hydrogen-bond donors (Lipinski definition) is 0. The largest absolute Gasteiger partial charge is 3.00 e. The van der Waals surface area contributed by atoms with Crippen molar-refractivity contribution in [1.82, 2.24) is 0 Å². The molecule has 0 aliphatic heterocycles. The maximum absolute atomic E-state index is 9.65. The van der Waals surface area contributed by atoms with E-state index in [-0.39, 0.29) is 38.1 Å². The number of carbonyl (C=O) groups excluding carboxylic acids is 1. The van der Waals surface area contributed by atoms with Gasteiger partial charge in [-0.3, -0.25) is 0 Å². The maximum atomic E-state index is 9.65. The fraction of sp³-hybridized carbons (Fsp3) is 0.800. The molecule has 0 spiro atoms. The van der Waals surface area contributed by atoms with Crippen LogP contribution in [0.5, 0.6) is 0 Å². The van der Waals surface area contributed by atoms with Gasteiger partial charge in [-0.05, 0) is 12.8 Å². The van der Waals surface area contributed by atoms with Gasteiger partial charge >= 0.3 is 26.2 Å². The van der Waals surface area contributed by atoms with E-state index in [2.05, 4.69) is 0 Å². The van der Waals surface area contributed by atoms with E-state index in [0.29, 0.717) is 0 Å². The normalized spacial score (nSPS) is 6.78. The van der Waals surface area contributed by atoms with Crippen LogP contribution in [0.25, 0.3) is 0 Å². The fourth-order valence-corrected chi connectivity index (χ4v) is 0.321. The first-order chi connectivity index (χ1) is 3.27. The van der Waals surface area contributed by atoms with E-state index in [4.69, 9.17) is 0 Å². The molecule has 0 rings (SSSR count). The van der Waals surface area contributed by atoms with Gasteiger partial charge < -0.3 is 15.4 Å². The summed E-state index contributed by atoms with van der Waals surface area (Å²) in [6.45, 7) is 1.95. The number of carboxylic acids is 1. The third kappa shape index (κ3) is 17.8. The summed E-state index contributed by atoms with van der Waals surface area (Å²) < 4.78 is 0. The Morgan fingerprint density at radius 1 is 1.56 bits per heavy atom. The molecular weight excluding hydrogens is 317 g/mol. The number of hydrogen-bond acceptors (Lipinski definition) is 2. The average molecular weight is 326 g/mol. The fourth-order valence-electron chi connectivity index (χ4n) is 0.321. The molecule has 3 nitrogen and oxygen atoms in total. The molecule has 9 heavy (non-hydrogen) atoms. The first-order valence-electron chi connectivity index (χ1n) is 2.47. The number of unbranched alkanes of at least 4 members (excludes halogenated alkanes) is 1. The van der Waals surface area contributed by atoms with Crippen LogP contribution < -0.4 is 5.11 Å². The summed E-state index contributed by atoms with van der Waals surface area (Å²) in [6.07, 6.45) is 1.87. The van der Waals surface area contributed by atoms with Crippen LogP contribution in [0.15, 0.2) is 0 Å². The Morgan fingerprint density at radius 2 is 2.00 bits per heavy atom. The topological polar surface area (TPSA) is 68.6 Å². The first-order valence-corrected chi connectivity index (χ1v) is 2.47. The number of aliphatic carboxylic acids is 1. The standard InChI is InChI=1S/C5H10O2.Bi.O/c1-2-3-4-5(6)7;;/h2-4H2,1H3,(H,6,7);;/q;+3;-2/p-1. The third-order valence-electron chi connectivity index (χ3n) is 0.734. The molecular formula is C5H9BiO3. The molecule has 0 saturated heterocycles. The van der Waals surface area contributed by atoms with Gasteiger partial charge in [0.1, 0.15) is 0 Å². The molecule has 2 radical (unpaired) electrons. The van der Waals surface area contributed by atoms with E-state index in [1.165, 1.54) is 0 Å². The molecule has 4 heteroatoms. The van der Waals surface area contributed by atoms with E-state index in [1.807, 2.05) is 6.92 Å². The Balaban J connectivity index is -0.000000180. The molecule has 0 aromatic carbocycles. The van der Waals surface area contributed by atoms with Crippen molar-refractivity contribution < 1.29 is 15.4 Å². The zero-order valence-electron chi connectivity index (χ0n) is 5.29. The van der Waals surface area contributed by atoms with Crippen LogP contribution in [0.1, 0.15) is 26.2 Å². The van der Waals surface area contributed by atoms with E-state index >= 15 is 0 Å². The van der Waals surface area contributed by atoms with E-state index < -0.39 is 5.97 Å². The zero-order valence-corrected chi connectivity index (χ0v) is 8.77. The van der Waals surface area contributed by atoms with Gasteiger partial charge in [0.05, 0.1) is 0 Å². The SMILES string of the molecule is CCCCC(=O)[O-].[Bi+3].[O-2]. The molecule has 0 amide bonds. The Hall–Kier alpha value is 0.313. The summed E-state index contributed by atoms with van der Waals surface area (Å²) in [5.74, 6) is -0.943. The second-order valence-corrected chi connectivity index (χ2v) is 1.48. The predicted molar refractivity (Wildman–Crippen MR) is 31.0 cm³/mol. The predicted octanol–water partition coefficient (Wildman–Crippen LogP) is -0.573. The summed E-state index contributed by atoms with van der Waals surface area (Å²) in [7, 11) is 0. The molecule has 0 N–H and O–H groups in total. The molecule has 0 fully saturated rings.